The molecule has 0 aliphatic carbocycles. The first-order valence-corrected chi connectivity index (χ1v) is 11.8. The zero-order valence-electron chi connectivity index (χ0n) is 18.0. The largest absolute Gasteiger partial charge is 0.480 e. The smallest absolute Gasteiger partial charge is 0.333 e. The molecule has 2 amide bonds. The Morgan fingerprint density at radius 1 is 1.19 bits per heavy atom. The number of aliphatic carboxylic acids is 2. The highest BCUT2D eigenvalue weighted by Crippen LogP contribution is 2.36. The van der Waals surface area contributed by atoms with Crippen LogP contribution in [0.15, 0.2) is 0 Å². The number of carbonyl (C=O) groups excluding carboxylic acids is 3. The molecule has 2 saturated heterocycles. The van der Waals surface area contributed by atoms with Crippen LogP contribution in [0.3, 0.4) is 0 Å². The van der Waals surface area contributed by atoms with Gasteiger partial charge in [0, 0.05) is 19.5 Å². The number of amides is 2. The molecule has 12 nitrogen and oxygen atoms in total. The fourth-order valence-electron chi connectivity index (χ4n) is 4.41. The summed E-state index contributed by atoms with van der Waals surface area (Å²) in [6.07, 6.45) is 2.89. The van der Waals surface area contributed by atoms with Crippen molar-refractivity contribution in [3.8, 4) is 0 Å². The first-order valence-electron chi connectivity index (χ1n) is 10.4. The minimum Gasteiger partial charge on any atom is -0.480 e. The van der Waals surface area contributed by atoms with Gasteiger partial charge in [-0.05, 0) is 44.1 Å². The van der Waals surface area contributed by atoms with Crippen LogP contribution in [-0.4, -0.2) is 98.5 Å². The highest BCUT2D eigenvalue weighted by molar-refractivity contribution is 7.98. The lowest BCUT2D eigenvalue weighted by Crippen LogP contribution is -2.67. The Hall–Kier alpha value is -2.22. The van der Waals surface area contributed by atoms with Crippen molar-refractivity contribution in [1.82, 2.24) is 15.3 Å². The highest BCUT2D eigenvalue weighted by Gasteiger charge is 2.58. The van der Waals surface area contributed by atoms with E-state index in [9.17, 15) is 34.2 Å². The minimum atomic E-state index is -2.01. The van der Waals surface area contributed by atoms with Gasteiger partial charge in [-0.3, -0.25) is 14.4 Å². The molecule has 0 aromatic heterocycles. The quantitative estimate of drug-likeness (QED) is 0.204. The summed E-state index contributed by atoms with van der Waals surface area (Å²) in [5.41, 5.74) is 8.93. The number of carboxylic acid groups (broad SMARTS) is 2. The summed E-state index contributed by atoms with van der Waals surface area (Å²) >= 11 is 1.46. The molecular formula is C19H31N5O7S. The lowest BCUT2D eigenvalue weighted by molar-refractivity contribution is -0.175. The topological polar surface area (TPSA) is 196 Å². The number of hydrazine groups is 1. The van der Waals surface area contributed by atoms with Gasteiger partial charge in [-0.2, -0.15) is 11.8 Å². The van der Waals surface area contributed by atoms with Crippen LogP contribution in [0.1, 0.15) is 38.5 Å². The van der Waals surface area contributed by atoms with Crippen LogP contribution in [-0.2, 0) is 24.0 Å². The van der Waals surface area contributed by atoms with E-state index in [1.807, 2.05) is 6.26 Å². The summed E-state index contributed by atoms with van der Waals surface area (Å²) in [6.45, 7) is 0.536. The number of nitrogens with one attached hydrogen (secondary N) is 1. The van der Waals surface area contributed by atoms with Gasteiger partial charge in [-0.1, -0.05) is 0 Å². The number of thioether (sulfide) groups is 1. The predicted octanol–water partition coefficient (Wildman–Crippen LogP) is -1.62. The normalized spacial score (nSPS) is 25.9. The van der Waals surface area contributed by atoms with E-state index in [1.54, 1.807) is 5.01 Å². The molecule has 0 radical (unpaired) electrons. The molecule has 0 aromatic rings. The van der Waals surface area contributed by atoms with E-state index in [0.717, 1.165) is 0 Å². The van der Waals surface area contributed by atoms with Gasteiger partial charge in [-0.15, -0.1) is 0 Å². The van der Waals surface area contributed by atoms with E-state index in [4.69, 9.17) is 11.5 Å². The summed E-state index contributed by atoms with van der Waals surface area (Å²) < 4.78 is 0. The molecule has 2 aliphatic rings. The molecule has 0 unspecified atom stereocenters. The number of carboxylic acids is 2. The average Bonchev–Trinajstić information content (AvgIpc) is 3.36. The number of rotatable bonds is 12. The summed E-state index contributed by atoms with van der Waals surface area (Å²) in [4.78, 5) is 61.2. The second-order valence-corrected chi connectivity index (χ2v) is 9.02. The number of nitrogens with two attached hydrogens (primary N) is 2. The number of Topliss-reactive ketones (excluding diaryl/α,β-unsaturated/α-hetero) is 1. The molecule has 0 bridgehead atoms. The molecule has 2 fully saturated rings. The Kier molecular flexibility index (Phi) is 9.01. The number of primary amides is 1. The molecule has 7 N–H and O–H groups in total. The van der Waals surface area contributed by atoms with Crippen molar-refractivity contribution in [2.75, 3.05) is 25.1 Å². The molecule has 2 heterocycles. The van der Waals surface area contributed by atoms with Gasteiger partial charge in [0.2, 0.25) is 11.8 Å². The Labute approximate surface area is 190 Å². The molecule has 4 atom stereocenters. The van der Waals surface area contributed by atoms with Crippen molar-refractivity contribution < 1.29 is 34.2 Å². The van der Waals surface area contributed by atoms with Gasteiger partial charge >= 0.3 is 11.9 Å². The number of nitrogens with zero attached hydrogens (tertiary/aromatic N) is 2. The van der Waals surface area contributed by atoms with Gasteiger partial charge in [0.05, 0.1) is 6.04 Å². The predicted molar refractivity (Wildman–Crippen MR) is 115 cm³/mol. The first kappa shape index (κ1) is 26.0. The molecule has 0 spiro atoms. The fourth-order valence-corrected chi connectivity index (χ4v) is 4.88. The van der Waals surface area contributed by atoms with Crippen LogP contribution >= 0.6 is 11.8 Å². The molecular weight excluding hydrogens is 442 g/mol. The highest BCUT2D eigenvalue weighted by atomic mass is 32.2. The summed E-state index contributed by atoms with van der Waals surface area (Å²) in [6, 6.07) is -3.27. The monoisotopic (exact) mass is 473 g/mol. The van der Waals surface area contributed by atoms with Crippen molar-refractivity contribution in [3.05, 3.63) is 0 Å². The second kappa shape index (κ2) is 11.1. The minimum absolute atomic E-state index is 0.0239. The molecule has 13 heteroatoms. The maximum atomic E-state index is 13.1. The number of hydrogen-bond acceptors (Lipinski definition) is 9. The van der Waals surface area contributed by atoms with E-state index < -0.39 is 59.6 Å². The number of ketones is 1. The third-order valence-corrected chi connectivity index (χ3v) is 6.57. The van der Waals surface area contributed by atoms with E-state index in [2.05, 4.69) is 5.32 Å². The Morgan fingerprint density at radius 3 is 2.44 bits per heavy atom. The Balaban J connectivity index is 2.27. The van der Waals surface area contributed by atoms with Crippen molar-refractivity contribution in [2.24, 2.45) is 11.5 Å². The molecule has 0 saturated carbocycles. The fraction of sp³-hybridized carbons (Fsp3) is 0.737. The average molecular weight is 474 g/mol. The maximum absolute atomic E-state index is 13.1. The lowest BCUT2D eigenvalue weighted by atomic mass is 9.86. The molecule has 180 valence electrons. The standard InChI is InChI=1S/C19H31N5O7S/c1-32-9-5-12(17(28)29)22-16(27)13-4-2-7-23(13)24-8-3-6-19(24,18(30)31)15(26)11(20)10-14(21)25/h11-13H,2-10,20H2,1H3,(H2,21,25)(H,22,27)(H,28,29)(H,30,31)/t11-,12-,13-,19+/m0/s1. The van der Waals surface area contributed by atoms with Crippen molar-refractivity contribution in [3.63, 3.8) is 0 Å². The second-order valence-electron chi connectivity index (χ2n) is 8.04. The Morgan fingerprint density at radius 2 is 1.88 bits per heavy atom. The number of hydrogen-bond donors (Lipinski definition) is 5. The zero-order chi connectivity index (χ0) is 24.1. The van der Waals surface area contributed by atoms with Gasteiger partial charge in [0.1, 0.15) is 12.1 Å². The first-order chi connectivity index (χ1) is 15.1. The van der Waals surface area contributed by atoms with Crippen LogP contribution in [0.25, 0.3) is 0 Å². The molecule has 2 aliphatic heterocycles. The van der Waals surface area contributed by atoms with Gasteiger partial charge in [0.15, 0.2) is 11.3 Å². The zero-order valence-corrected chi connectivity index (χ0v) is 18.8. The van der Waals surface area contributed by atoms with E-state index in [0.29, 0.717) is 31.6 Å². The summed E-state index contributed by atoms with van der Waals surface area (Å²) in [5.74, 6) is -4.20. The van der Waals surface area contributed by atoms with Crippen molar-refractivity contribution >= 4 is 41.3 Å². The van der Waals surface area contributed by atoms with Crippen LogP contribution in [0.5, 0.6) is 0 Å². The SMILES string of the molecule is CSCC[C@H](NC(=O)[C@@H]1CCCN1N1CCC[C@]1(C(=O)O)C(=O)[C@@H](N)CC(N)=O)C(=O)O. The van der Waals surface area contributed by atoms with Crippen LogP contribution < -0.4 is 16.8 Å². The maximum Gasteiger partial charge on any atom is 0.333 e. The summed E-state index contributed by atoms with van der Waals surface area (Å²) in [5, 5.41) is 24.9. The molecule has 32 heavy (non-hydrogen) atoms. The van der Waals surface area contributed by atoms with E-state index in [1.165, 1.54) is 16.8 Å². The van der Waals surface area contributed by atoms with Crippen LogP contribution in [0.2, 0.25) is 0 Å². The van der Waals surface area contributed by atoms with Crippen LogP contribution in [0.4, 0.5) is 0 Å². The third kappa shape index (κ3) is 5.39. The Bertz CT molecular complexity index is 766. The molecule has 0 aromatic carbocycles. The van der Waals surface area contributed by atoms with Crippen molar-refractivity contribution in [1.29, 1.82) is 0 Å². The number of carbonyl (C=O) groups is 5. The third-order valence-electron chi connectivity index (χ3n) is 5.93. The van der Waals surface area contributed by atoms with Crippen molar-refractivity contribution in [2.45, 2.75) is 62.2 Å². The van der Waals surface area contributed by atoms with Gasteiger partial charge < -0.3 is 27.0 Å². The van der Waals surface area contributed by atoms with Gasteiger partial charge in [-0.25, -0.2) is 19.6 Å². The van der Waals surface area contributed by atoms with Crippen LogP contribution in [0, 0.1) is 0 Å². The summed E-state index contributed by atoms with van der Waals surface area (Å²) in [7, 11) is 0. The van der Waals surface area contributed by atoms with E-state index in [-0.39, 0.29) is 19.4 Å². The lowest BCUT2D eigenvalue weighted by Gasteiger charge is -2.42. The van der Waals surface area contributed by atoms with E-state index >= 15 is 0 Å². The molecule has 2 rings (SSSR count). The van der Waals surface area contributed by atoms with Gasteiger partial charge in [0.25, 0.3) is 0 Å².